The van der Waals surface area contributed by atoms with Gasteiger partial charge in [-0.25, -0.2) is 8.78 Å². The second-order valence-corrected chi connectivity index (χ2v) is 4.93. The Morgan fingerprint density at radius 1 is 1.31 bits per heavy atom. The predicted molar refractivity (Wildman–Crippen MR) is 47.9 cm³/mol. The van der Waals surface area contributed by atoms with Gasteiger partial charge in [0.1, 0.15) is 0 Å². The number of alkyl halides is 2. The summed E-state index contributed by atoms with van der Waals surface area (Å²) in [4.78, 5) is 0. The summed E-state index contributed by atoms with van der Waals surface area (Å²) in [5.41, 5.74) is 0.269. The van der Waals surface area contributed by atoms with Gasteiger partial charge in [0.2, 0.25) is 5.92 Å². The summed E-state index contributed by atoms with van der Waals surface area (Å²) in [5.74, 6) is -2.14. The fraction of sp³-hybridized carbons (Fsp3) is 1.00. The van der Waals surface area contributed by atoms with Gasteiger partial charge in [0.05, 0.1) is 0 Å². The standard InChI is InChI=1S/C10H17F2N/c1-9(3-2-4-9)13-7-8-5-10(11,12)6-8/h8,13H,2-7H2,1H3. The van der Waals surface area contributed by atoms with Crippen molar-refractivity contribution in [1.82, 2.24) is 5.32 Å². The van der Waals surface area contributed by atoms with Crippen molar-refractivity contribution in [3.8, 4) is 0 Å². The molecule has 76 valence electrons. The molecule has 2 aliphatic rings. The van der Waals surface area contributed by atoms with Crippen LogP contribution in [0, 0.1) is 5.92 Å². The van der Waals surface area contributed by atoms with Gasteiger partial charge < -0.3 is 5.32 Å². The number of nitrogens with one attached hydrogen (secondary N) is 1. The zero-order chi connectivity index (χ0) is 9.53. The van der Waals surface area contributed by atoms with E-state index in [-0.39, 0.29) is 24.3 Å². The Morgan fingerprint density at radius 2 is 1.92 bits per heavy atom. The molecule has 0 amide bonds. The largest absolute Gasteiger partial charge is 0.311 e. The van der Waals surface area contributed by atoms with Gasteiger partial charge in [-0.2, -0.15) is 0 Å². The molecule has 0 aromatic carbocycles. The molecule has 2 fully saturated rings. The van der Waals surface area contributed by atoms with Crippen molar-refractivity contribution in [3.05, 3.63) is 0 Å². The molecular weight excluding hydrogens is 172 g/mol. The molecule has 0 bridgehead atoms. The van der Waals surface area contributed by atoms with Gasteiger partial charge in [0.15, 0.2) is 0 Å². The van der Waals surface area contributed by atoms with Crippen molar-refractivity contribution in [2.24, 2.45) is 5.92 Å². The molecule has 0 saturated heterocycles. The summed E-state index contributed by atoms with van der Waals surface area (Å²) in [6, 6.07) is 0. The average Bonchev–Trinajstić information content (AvgIpc) is 1.93. The highest BCUT2D eigenvalue weighted by Gasteiger charge is 2.45. The molecule has 2 saturated carbocycles. The van der Waals surface area contributed by atoms with Crippen molar-refractivity contribution in [3.63, 3.8) is 0 Å². The first-order valence-corrected chi connectivity index (χ1v) is 5.12. The molecule has 2 rings (SSSR count). The maximum Gasteiger partial charge on any atom is 0.248 e. The van der Waals surface area contributed by atoms with Gasteiger partial charge in [0.25, 0.3) is 0 Å². The van der Waals surface area contributed by atoms with E-state index < -0.39 is 5.92 Å². The zero-order valence-electron chi connectivity index (χ0n) is 8.08. The van der Waals surface area contributed by atoms with Crippen molar-refractivity contribution in [2.75, 3.05) is 6.54 Å². The van der Waals surface area contributed by atoms with E-state index in [0.29, 0.717) is 0 Å². The predicted octanol–water partition coefficient (Wildman–Crippen LogP) is 2.56. The van der Waals surface area contributed by atoms with Crippen molar-refractivity contribution < 1.29 is 8.78 Å². The first kappa shape index (κ1) is 9.38. The van der Waals surface area contributed by atoms with Crippen LogP contribution in [0.3, 0.4) is 0 Å². The normalized spacial score (nSPS) is 30.7. The average molecular weight is 189 g/mol. The molecule has 2 aliphatic carbocycles. The van der Waals surface area contributed by atoms with Crippen LogP contribution in [0.2, 0.25) is 0 Å². The lowest BCUT2D eigenvalue weighted by atomic mass is 9.76. The second-order valence-electron chi connectivity index (χ2n) is 4.93. The van der Waals surface area contributed by atoms with Gasteiger partial charge >= 0.3 is 0 Å². The van der Waals surface area contributed by atoms with E-state index in [1.54, 1.807) is 0 Å². The van der Waals surface area contributed by atoms with Gasteiger partial charge in [-0.3, -0.25) is 0 Å². The molecule has 0 unspecified atom stereocenters. The molecule has 0 aromatic rings. The Morgan fingerprint density at radius 3 is 2.31 bits per heavy atom. The van der Waals surface area contributed by atoms with Crippen LogP contribution in [0.1, 0.15) is 39.0 Å². The van der Waals surface area contributed by atoms with E-state index >= 15 is 0 Å². The summed E-state index contributed by atoms with van der Waals surface area (Å²) in [6.07, 6.45) is 3.88. The summed E-state index contributed by atoms with van der Waals surface area (Å²) in [7, 11) is 0. The van der Waals surface area contributed by atoms with Crippen LogP contribution in [0.5, 0.6) is 0 Å². The summed E-state index contributed by atoms with van der Waals surface area (Å²) in [5, 5.41) is 3.40. The number of halogens is 2. The van der Waals surface area contributed by atoms with E-state index in [1.165, 1.54) is 19.3 Å². The third-order valence-corrected chi connectivity index (χ3v) is 3.45. The number of rotatable bonds is 3. The summed E-state index contributed by atoms with van der Waals surface area (Å²) < 4.78 is 25.0. The zero-order valence-corrected chi connectivity index (χ0v) is 8.08. The monoisotopic (exact) mass is 189 g/mol. The van der Waals surface area contributed by atoms with Gasteiger partial charge in [-0.15, -0.1) is 0 Å². The minimum atomic E-state index is -2.35. The van der Waals surface area contributed by atoms with E-state index in [9.17, 15) is 8.78 Å². The Labute approximate surface area is 77.9 Å². The maximum atomic E-state index is 12.5. The number of hydrogen-bond donors (Lipinski definition) is 1. The SMILES string of the molecule is CC1(NCC2CC(F)(F)C2)CCC1. The molecule has 1 N–H and O–H groups in total. The van der Waals surface area contributed by atoms with Crippen LogP contribution in [0.4, 0.5) is 8.78 Å². The molecule has 0 spiro atoms. The highest BCUT2D eigenvalue weighted by molar-refractivity contribution is 4.94. The van der Waals surface area contributed by atoms with Crippen molar-refractivity contribution >= 4 is 0 Å². The Hall–Kier alpha value is -0.180. The molecule has 0 heterocycles. The van der Waals surface area contributed by atoms with E-state index in [4.69, 9.17) is 0 Å². The Balaban J connectivity index is 1.65. The summed E-state index contributed by atoms with van der Waals surface area (Å²) in [6.45, 7) is 2.97. The van der Waals surface area contributed by atoms with Crippen LogP contribution < -0.4 is 5.32 Å². The molecule has 0 radical (unpaired) electrons. The molecule has 3 heteroatoms. The molecule has 0 aliphatic heterocycles. The van der Waals surface area contributed by atoms with E-state index in [2.05, 4.69) is 12.2 Å². The van der Waals surface area contributed by atoms with Crippen LogP contribution in [-0.2, 0) is 0 Å². The first-order chi connectivity index (χ1) is 5.99. The Kier molecular flexibility index (Phi) is 2.10. The molecule has 0 aromatic heterocycles. The van der Waals surface area contributed by atoms with Gasteiger partial charge in [-0.05, 0) is 38.6 Å². The fourth-order valence-electron chi connectivity index (χ4n) is 2.20. The van der Waals surface area contributed by atoms with Gasteiger partial charge in [0, 0.05) is 18.4 Å². The molecule has 0 atom stereocenters. The van der Waals surface area contributed by atoms with Crippen LogP contribution in [0.15, 0.2) is 0 Å². The first-order valence-electron chi connectivity index (χ1n) is 5.12. The molecule has 1 nitrogen and oxygen atoms in total. The molecule has 13 heavy (non-hydrogen) atoms. The third-order valence-electron chi connectivity index (χ3n) is 3.45. The maximum absolute atomic E-state index is 12.5. The highest BCUT2D eigenvalue weighted by Crippen LogP contribution is 2.42. The van der Waals surface area contributed by atoms with E-state index in [0.717, 1.165) is 6.54 Å². The van der Waals surface area contributed by atoms with Crippen LogP contribution >= 0.6 is 0 Å². The van der Waals surface area contributed by atoms with Crippen LogP contribution in [-0.4, -0.2) is 18.0 Å². The van der Waals surface area contributed by atoms with Crippen molar-refractivity contribution in [2.45, 2.75) is 50.5 Å². The third kappa shape index (κ3) is 2.01. The molecular formula is C10H17F2N. The quantitative estimate of drug-likeness (QED) is 0.719. The Bertz CT molecular complexity index is 191. The lowest BCUT2D eigenvalue weighted by molar-refractivity contribution is -0.111. The lowest BCUT2D eigenvalue weighted by Gasteiger charge is -2.43. The highest BCUT2D eigenvalue weighted by atomic mass is 19.3. The minimum absolute atomic E-state index is 0.0933. The smallest absolute Gasteiger partial charge is 0.248 e. The van der Waals surface area contributed by atoms with Crippen molar-refractivity contribution in [1.29, 1.82) is 0 Å². The van der Waals surface area contributed by atoms with Crippen LogP contribution in [0.25, 0.3) is 0 Å². The van der Waals surface area contributed by atoms with E-state index in [1.807, 2.05) is 0 Å². The second kappa shape index (κ2) is 2.91. The topological polar surface area (TPSA) is 12.0 Å². The minimum Gasteiger partial charge on any atom is -0.311 e. The van der Waals surface area contributed by atoms with Gasteiger partial charge in [-0.1, -0.05) is 0 Å². The lowest BCUT2D eigenvalue weighted by Crippen LogP contribution is -2.52. The fourth-order valence-corrected chi connectivity index (χ4v) is 2.20. The number of hydrogen-bond acceptors (Lipinski definition) is 1. The summed E-state index contributed by atoms with van der Waals surface area (Å²) >= 11 is 0.